The van der Waals surface area contributed by atoms with Crippen LogP contribution in [0.5, 0.6) is 0 Å². The number of ether oxygens (including phenoxy) is 4. The van der Waals surface area contributed by atoms with Crippen molar-refractivity contribution in [3.05, 3.63) is 77.4 Å². The predicted molar refractivity (Wildman–Crippen MR) is 218 cm³/mol. The molecule has 4 aliphatic rings. The van der Waals surface area contributed by atoms with Crippen molar-refractivity contribution < 1.29 is 33.3 Å². The van der Waals surface area contributed by atoms with Gasteiger partial charge in [0.05, 0.1) is 68.6 Å². The first-order valence-corrected chi connectivity index (χ1v) is 20.7. The zero-order valence-corrected chi connectivity index (χ0v) is 34.3. The zero-order valence-electron chi connectivity index (χ0n) is 34.3. The Morgan fingerprint density at radius 3 is 2.21 bits per heavy atom. The second-order valence-electron chi connectivity index (χ2n) is 16.6. The Bertz CT molecular complexity index is 2100. The lowest BCUT2D eigenvalue weighted by Crippen LogP contribution is -2.54. The average Bonchev–Trinajstić information content (AvgIpc) is 4.11. The minimum absolute atomic E-state index is 0.0586. The summed E-state index contributed by atoms with van der Waals surface area (Å²) in [4.78, 5) is 55.6. The number of rotatable bonds is 12. The Hall–Kier alpha value is -4.98. The molecule has 3 fully saturated rings. The predicted octanol–water partition coefficient (Wildman–Crippen LogP) is 7.45. The van der Waals surface area contributed by atoms with E-state index in [4.69, 9.17) is 23.9 Å². The van der Waals surface area contributed by atoms with Crippen molar-refractivity contribution in [3.63, 3.8) is 0 Å². The van der Waals surface area contributed by atoms with E-state index in [1.165, 1.54) is 39.9 Å². The number of imidazole rings is 1. The van der Waals surface area contributed by atoms with Crippen molar-refractivity contribution in [3.8, 4) is 33.6 Å². The summed E-state index contributed by atoms with van der Waals surface area (Å²) >= 11 is 0. The normalized spacial score (nSPS) is 21.3. The van der Waals surface area contributed by atoms with Gasteiger partial charge in [0.1, 0.15) is 11.9 Å². The Morgan fingerprint density at radius 1 is 0.862 bits per heavy atom. The number of aromatic amines is 2. The highest BCUT2D eigenvalue weighted by Crippen LogP contribution is 2.52. The molecule has 0 radical (unpaired) electrons. The van der Waals surface area contributed by atoms with Crippen LogP contribution < -0.4 is 5.32 Å². The molecule has 5 atom stereocenters. The Kier molecular flexibility index (Phi) is 11.5. The summed E-state index contributed by atoms with van der Waals surface area (Å²) in [6.07, 6.45) is 8.31. The lowest BCUT2D eigenvalue weighted by molar-refractivity contribution is -0.137. The largest absolute Gasteiger partial charge is 0.453 e. The Labute approximate surface area is 340 Å². The smallest absolute Gasteiger partial charge is 0.407 e. The van der Waals surface area contributed by atoms with Gasteiger partial charge in [-0.3, -0.25) is 9.59 Å². The van der Waals surface area contributed by atoms with Crippen LogP contribution >= 0.6 is 0 Å². The highest BCUT2D eigenvalue weighted by molar-refractivity contribution is 5.87. The van der Waals surface area contributed by atoms with Crippen molar-refractivity contribution in [2.45, 2.75) is 109 Å². The van der Waals surface area contributed by atoms with Crippen LogP contribution in [0, 0.1) is 5.41 Å². The van der Waals surface area contributed by atoms with Gasteiger partial charge >= 0.3 is 6.09 Å². The minimum Gasteiger partial charge on any atom is -0.453 e. The molecule has 1 saturated carbocycles. The van der Waals surface area contributed by atoms with Gasteiger partial charge in [0.15, 0.2) is 0 Å². The molecule has 0 bridgehead atoms. The number of likely N-dealkylation sites (tertiary alicyclic amines) is 2. The summed E-state index contributed by atoms with van der Waals surface area (Å²) in [5.74, 6) is 0.789. The van der Waals surface area contributed by atoms with Gasteiger partial charge in [0, 0.05) is 44.1 Å². The van der Waals surface area contributed by atoms with Crippen molar-refractivity contribution in [1.82, 2.24) is 30.1 Å². The van der Waals surface area contributed by atoms with Crippen molar-refractivity contribution in [1.29, 1.82) is 0 Å². The fraction of sp³-hybridized carbons (Fsp3) is 0.511. The van der Waals surface area contributed by atoms with E-state index in [1.807, 2.05) is 18.0 Å². The number of alkyl carbamates (subject to hydrolysis) is 1. The van der Waals surface area contributed by atoms with Crippen LogP contribution in [0.15, 0.2) is 54.7 Å². The maximum absolute atomic E-state index is 13.9. The highest BCUT2D eigenvalue weighted by Gasteiger charge is 2.48. The maximum Gasteiger partial charge on any atom is 0.407 e. The number of benzene rings is 2. The molecule has 13 heteroatoms. The molecule has 308 valence electrons. The van der Waals surface area contributed by atoms with Gasteiger partial charge in [-0.1, -0.05) is 61.4 Å². The fourth-order valence-corrected chi connectivity index (χ4v) is 9.74. The van der Waals surface area contributed by atoms with Gasteiger partial charge in [-0.05, 0) is 73.6 Å². The van der Waals surface area contributed by atoms with Crippen molar-refractivity contribution in [2.24, 2.45) is 5.41 Å². The molecule has 58 heavy (non-hydrogen) atoms. The molecule has 3 N–H and O–H groups in total. The fourth-order valence-electron chi connectivity index (χ4n) is 9.74. The third kappa shape index (κ3) is 7.67. The van der Waals surface area contributed by atoms with E-state index in [0.717, 1.165) is 82.1 Å². The summed E-state index contributed by atoms with van der Waals surface area (Å²) in [6.45, 7) is 6.06. The molecule has 1 aliphatic carbocycles. The van der Waals surface area contributed by atoms with Crippen LogP contribution in [-0.2, 0) is 41.8 Å². The summed E-state index contributed by atoms with van der Waals surface area (Å²) < 4.78 is 21.7. The molecule has 3 amide bonds. The van der Waals surface area contributed by atoms with Gasteiger partial charge in [0.25, 0.3) is 0 Å². The van der Waals surface area contributed by atoms with Crippen LogP contribution in [-0.4, -0.2) is 95.3 Å². The van der Waals surface area contributed by atoms with E-state index in [2.05, 4.69) is 68.7 Å². The lowest BCUT2D eigenvalue weighted by atomic mass is 9.84. The second kappa shape index (κ2) is 16.7. The van der Waals surface area contributed by atoms with Gasteiger partial charge in [-0.15, -0.1) is 0 Å². The number of fused-ring (bicyclic) bond motifs is 1. The quantitative estimate of drug-likeness (QED) is 0.134. The zero-order chi connectivity index (χ0) is 40.6. The van der Waals surface area contributed by atoms with E-state index >= 15 is 0 Å². The summed E-state index contributed by atoms with van der Waals surface area (Å²) in [6, 6.07) is 15.9. The number of nitrogens with zero attached hydrogens (tertiary/aromatic N) is 3. The monoisotopic (exact) mass is 792 g/mol. The topological polar surface area (TPSA) is 151 Å². The molecule has 13 nitrogen and oxygen atoms in total. The molecule has 2 saturated heterocycles. The Morgan fingerprint density at radius 2 is 1.53 bits per heavy atom. The third-order valence-corrected chi connectivity index (χ3v) is 13.2. The van der Waals surface area contributed by atoms with E-state index in [-0.39, 0.29) is 35.4 Å². The first kappa shape index (κ1) is 39.8. The number of amides is 3. The summed E-state index contributed by atoms with van der Waals surface area (Å²) in [5.41, 5.74) is 9.61. The second-order valence-corrected chi connectivity index (χ2v) is 16.6. The van der Waals surface area contributed by atoms with Crippen molar-refractivity contribution >= 4 is 17.9 Å². The molecule has 0 unspecified atom stereocenters. The maximum atomic E-state index is 13.9. The van der Waals surface area contributed by atoms with Gasteiger partial charge < -0.3 is 44.0 Å². The Balaban J connectivity index is 0.980. The molecule has 1 spiro atoms. The first-order chi connectivity index (χ1) is 28.1. The molecule has 5 heterocycles. The number of methoxy groups -OCH3 is 3. The number of carbonyl (C=O) groups excluding carboxylic acids is 3. The molecule has 2 aromatic carbocycles. The number of nitrogens with one attached hydrogen (secondary N) is 3. The molecule has 4 aromatic rings. The summed E-state index contributed by atoms with van der Waals surface area (Å²) in [5, 5.41) is 2.68. The van der Waals surface area contributed by atoms with E-state index in [9.17, 15) is 14.4 Å². The van der Waals surface area contributed by atoms with E-state index in [0.29, 0.717) is 26.2 Å². The first-order valence-electron chi connectivity index (χ1n) is 20.7. The van der Waals surface area contributed by atoms with Crippen LogP contribution in [0.4, 0.5) is 4.79 Å². The van der Waals surface area contributed by atoms with Gasteiger partial charge in [0.2, 0.25) is 11.8 Å². The number of hydrogen-bond donors (Lipinski definition) is 3. The summed E-state index contributed by atoms with van der Waals surface area (Å²) in [7, 11) is 4.46. The van der Waals surface area contributed by atoms with Gasteiger partial charge in [-0.2, -0.15) is 0 Å². The van der Waals surface area contributed by atoms with Gasteiger partial charge in [-0.25, -0.2) is 9.78 Å². The van der Waals surface area contributed by atoms with E-state index < -0.39 is 18.2 Å². The lowest BCUT2D eigenvalue weighted by Gasteiger charge is -2.31. The number of H-pyrrole nitrogens is 2. The minimum atomic E-state index is -0.880. The standard InChI is InChI=1S/C45H56N6O7/c1-27(55-3)21-38(52)51-26-45(18-6-7-19-45)22-37(51)42-46-23-35(47-42)31-14-10-29(11-15-31)30-12-16-32(17-13-30)40-33-24-58-25-34(33)41(48-40)36-9-8-20-50(36)43(53)39(28(2)56-4)49-44(54)57-5/h10-17,23,27-28,36-37,39,48H,6-9,18-22,24-26H2,1-5H3,(H,46,47)(H,49,54)/t27-,28-,36+,37+,39+/m1/s1. The van der Waals surface area contributed by atoms with Crippen molar-refractivity contribution in [2.75, 3.05) is 34.4 Å². The SMILES string of the molecule is COC(=O)N[C@H](C(=O)N1CCC[C@H]1c1[nH]c(-c2ccc(-c3ccc(-c4cnc([C@@H]5CC6(CCCC6)CN5C(=O)C[C@@H](C)OC)[nH]4)cc3)cc2)c2c1COC2)[C@@H](C)OC. The van der Waals surface area contributed by atoms with Crippen LogP contribution in [0.3, 0.4) is 0 Å². The molecular weight excluding hydrogens is 737 g/mol. The average molecular weight is 793 g/mol. The molecular formula is C45H56N6O7. The highest BCUT2D eigenvalue weighted by atomic mass is 16.5. The third-order valence-electron chi connectivity index (χ3n) is 13.2. The number of aromatic nitrogens is 3. The molecule has 3 aliphatic heterocycles. The van der Waals surface area contributed by atoms with Crippen LogP contribution in [0.2, 0.25) is 0 Å². The van der Waals surface area contributed by atoms with E-state index in [1.54, 1.807) is 14.0 Å². The van der Waals surface area contributed by atoms with Crippen LogP contribution in [0.1, 0.15) is 99.9 Å². The number of carbonyl (C=O) groups is 3. The molecule has 2 aromatic heterocycles. The van der Waals surface area contributed by atoms with Crippen LogP contribution in [0.25, 0.3) is 33.6 Å². The number of hydrogen-bond acceptors (Lipinski definition) is 8. The molecule has 8 rings (SSSR count).